The fourth-order valence-electron chi connectivity index (χ4n) is 4.69. The second-order valence-electron chi connectivity index (χ2n) is 10.8. The average molecular weight is 776 g/mol. The number of benzene rings is 1. The number of fused-ring (bicyclic) bond motifs is 3. The minimum atomic E-state index is -8.70. The van der Waals surface area contributed by atoms with Gasteiger partial charge in [-0.05, 0) is 13.0 Å². The van der Waals surface area contributed by atoms with Crippen molar-refractivity contribution in [3.05, 3.63) is 41.9 Å². The molecule has 0 unspecified atom stereocenters. The molecular formula is C24H17F17N6O2S. The maximum absolute atomic E-state index is 14.3. The number of hydrogen-bond acceptors (Lipinski definition) is 5. The maximum atomic E-state index is 14.3. The lowest BCUT2D eigenvalue weighted by molar-refractivity contribution is -0.461. The largest absolute Gasteiger partial charge is 0.460 e. The highest BCUT2D eigenvalue weighted by Crippen LogP contribution is 2.64. The zero-order valence-electron chi connectivity index (χ0n) is 24.3. The molecule has 0 amide bonds. The van der Waals surface area contributed by atoms with Crippen LogP contribution in [0.25, 0.3) is 11.3 Å². The molecule has 0 fully saturated rings. The number of rotatable bonds is 11. The highest BCUT2D eigenvalue weighted by atomic mass is 32.2. The van der Waals surface area contributed by atoms with E-state index in [1.807, 2.05) is 0 Å². The second kappa shape index (κ2) is 11.3. The molecule has 26 heteroatoms. The Morgan fingerprint density at radius 1 is 0.720 bits per heavy atom. The van der Waals surface area contributed by atoms with Crippen molar-refractivity contribution in [1.29, 1.82) is 0 Å². The van der Waals surface area contributed by atoms with Crippen molar-refractivity contribution in [1.82, 2.24) is 24.8 Å². The van der Waals surface area contributed by atoms with Crippen LogP contribution in [-0.4, -0.2) is 87.9 Å². The van der Waals surface area contributed by atoms with Crippen molar-refractivity contribution >= 4 is 15.7 Å². The van der Waals surface area contributed by atoms with E-state index in [1.165, 1.54) is 38.2 Å². The third-order valence-corrected chi connectivity index (χ3v) is 9.43. The SMILES string of the molecule is Cc1c2c(nn1Cc1cn(CCC(F)(F)C(F)(F)C(F)(F)C(F)(F)C(F)(F)C(F)(F)C(F)(F)C(F)(F)F)nn1)-c1ccccc1S(=O)(=O)N2C. The number of nitrogens with zero attached hydrogens (tertiary/aromatic N) is 6. The molecule has 0 aliphatic carbocycles. The van der Waals surface area contributed by atoms with Crippen LogP contribution in [0.2, 0.25) is 0 Å². The smallest absolute Gasteiger partial charge is 0.265 e. The molecule has 0 radical (unpaired) electrons. The van der Waals surface area contributed by atoms with Crippen molar-refractivity contribution in [2.75, 3.05) is 11.4 Å². The first-order chi connectivity index (χ1) is 22.3. The van der Waals surface area contributed by atoms with E-state index < -0.39 is 77.2 Å². The lowest BCUT2D eigenvalue weighted by Crippen LogP contribution is -2.74. The zero-order chi connectivity index (χ0) is 38.5. The number of sulfonamides is 1. The Labute approximate surface area is 267 Å². The first-order valence-corrected chi connectivity index (χ1v) is 14.5. The van der Waals surface area contributed by atoms with Crippen LogP contribution in [0.3, 0.4) is 0 Å². The van der Waals surface area contributed by atoms with Gasteiger partial charge in [0, 0.05) is 25.6 Å². The summed E-state index contributed by atoms with van der Waals surface area (Å²) in [7, 11) is -2.83. The van der Waals surface area contributed by atoms with Gasteiger partial charge in [0.15, 0.2) is 0 Å². The van der Waals surface area contributed by atoms with Crippen molar-refractivity contribution < 1.29 is 83.1 Å². The molecule has 4 rings (SSSR count). The molecule has 3 heterocycles. The molecule has 280 valence electrons. The number of hydrogen-bond donors (Lipinski definition) is 0. The first kappa shape index (κ1) is 38.9. The van der Waals surface area contributed by atoms with E-state index in [-0.39, 0.29) is 37.9 Å². The van der Waals surface area contributed by atoms with Gasteiger partial charge in [-0.3, -0.25) is 13.7 Å². The lowest BCUT2D eigenvalue weighted by Gasteiger charge is -2.42. The normalized spacial score (nSPS) is 16.4. The van der Waals surface area contributed by atoms with Gasteiger partial charge >= 0.3 is 47.6 Å². The van der Waals surface area contributed by atoms with Crippen molar-refractivity contribution in [2.24, 2.45) is 0 Å². The minimum absolute atomic E-state index is 0.0983. The summed E-state index contributed by atoms with van der Waals surface area (Å²) in [6.45, 7) is -0.713. The number of aromatic nitrogens is 5. The topological polar surface area (TPSA) is 85.9 Å². The standard InChI is InChI=1S/C24H17F17N6O2S/c1-11-16-15(13-5-3-4-6-14(13)50(48,49)45(16)2)43-47(11)10-12-9-46(44-42-12)8-7-17(25,26)18(27,28)19(29,30)20(31,32)21(33,34)22(35,36)23(37,38)24(39,40)41/h3-6,9H,7-8,10H2,1-2H3. The molecule has 3 aromatic rings. The summed E-state index contributed by atoms with van der Waals surface area (Å²) in [6, 6.07) is 5.68. The predicted molar refractivity (Wildman–Crippen MR) is 132 cm³/mol. The summed E-state index contributed by atoms with van der Waals surface area (Å²) in [5.41, 5.74) is 0.368. The molecule has 2 aromatic heterocycles. The van der Waals surface area contributed by atoms with E-state index in [2.05, 4.69) is 15.4 Å². The van der Waals surface area contributed by atoms with Gasteiger partial charge in [-0.2, -0.15) is 79.7 Å². The Bertz CT molecular complexity index is 1880. The Morgan fingerprint density at radius 3 is 1.76 bits per heavy atom. The van der Waals surface area contributed by atoms with Crippen LogP contribution in [0.1, 0.15) is 17.8 Å². The van der Waals surface area contributed by atoms with Gasteiger partial charge in [-0.1, -0.05) is 23.4 Å². The third kappa shape index (κ3) is 5.24. The van der Waals surface area contributed by atoms with Crippen LogP contribution >= 0.6 is 0 Å². The monoisotopic (exact) mass is 776 g/mol. The quantitative estimate of drug-likeness (QED) is 0.195. The highest BCUT2D eigenvalue weighted by molar-refractivity contribution is 7.93. The average Bonchev–Trinajstić information content (AvgIpc) is 3.57. The maximum Gasteiger partial charge on any atom is 0.460 e. The molecule has 0 bridgehead atoms. The third-order valence-electron chi connectivity index (χ3n) is 7.61. The van der Waals surface area contributed by atoms with Crippen LogP contribution in [0.15, 0.2) is 35.4 Å². The van der Waals surface area contributed by atoms with Crippen molar-refractivity contribution in [3.63, 3.8) is 0 Å². The van der Waals surface area contributed by atoms with Crippen LogP contribution in [0, 0.1) is 6.92 Å². The number of anilines is 1. The molecule has 50 heavy (non-hydrogen) atoms. The Balaban J connectivity index is 1.56. The van der Waals surface area contributed by atoms with Crippen LogP contribution in [-0.2, 0) is 23.1 Å². The molecule has 0 atom stereocenters. The Hall–Kier alpha value is -3.87. The minimum Gasteiger partial charge on any atom is -0.265 e. The van der Waals surface area contributed by atoms with Gasteiger partial charge in [-0.25, -0.2) is 8.42 Å². The fourth-order valence-corrected chi connectivity index (χ4v) is 6.13. The fraction of sp³-hybridized carbons (Fsp3) is 0.542. The summed E-state index contributed by atoms with van der Waals surface area (Å²) in [6.07, 6.45) is -9.86. The summed E-state index contributed by atoms with van der Waals surface area (Å²) >= 11 is 0. The molecule has 0 saturated carbocycles. The van der Waals surface area contributed by atoms with E-state index in [0.29, 0.717) is 6.20 Å². The van der Waals surface area contributed by atoms with Gasteiger partial charge in [-0.15, -0.1) is 5.10 Å². The van der Waals surface area contributed by atoms with E-state index in [0.717, 1.165) is 8.99 Å². The van der Waals surface area contributed by atoms with Crippen molar-refractivity contribution in [2.45, 2.75) is 79.0 Å². The Kier molecular flexibility index (Phi) is 8.81. The van der Waals surface area contributed by atoms with Crippen LogP contribution in [0.4, 0.5) is 80.3 Å². The first-order valence-electron chi connectivity index (χ1n) is 13.1. The van der Waals surface area contributed by atoms with E-state index in [4.69, 9.17) is 0 Å². The van der Waals surface area contributed by atoms with Crippen molar-refractivity contribution in [3.8, 4) is 11.3 Å². The molecule has 0 spiro atoms. The number of alkyl halides is 17. The van der Waals surface area contributed by atoms with Crippen LogP contribution in [0.5, 0.6) is 0 Å². The molecular weight excluding hydrogens is 759 g/mol. The summed E-state index contributed by atoms with van der Waals surface area (Å²) < 4.78 is 258. The van der Waals surface area contributed by atoms with Gasteiger partial charge < -0.3 is 0 Å². The van der Waals surface area contributed by atoms with Crippen LogP contribution < -0.4 is 4.31 Å². The van der Waals surface area contributed by atoms with E-state index >= 15 is 0 Å². The second-order valence-corrected chi connectivity index (χ2v) is 12.7. The van der Waals surface area contributed by atoms with Gasteiger partial charge in [0.25, 0.3) is 10.0 Å². The van der Waals surface area contributed by atoms with Gasteiger partial charge in [0.2, 0.25) is 0 Å². The molecule has 1 aromatic carbocycles. The number of aryl methyl sites for hydroxylation is 1. The summed E-state index contributed by atoms with van der Waals surface area (Å²) in [5.74, 6) is -56.9. The molecule has 8 nitrogen and oxygen atoms in total. The molecule has 1 aliphatic rings. The molecule has 0 saturated heterocycles. The highest BCUT2D eigenvalue weighted by Gasteiger charge is 2.95. The summed E-state index contributed by atoms with van der Waals surface area (Å²) in [4.78, 5) is -0.108. The zero-order valence-corrected chi connectivity index (χ0v) is 25.2. The predicted octanol–water partition coefficient (Wildman–Crippen LogP) is 7.04. The van der Waals surface area contributed by atoms with Gasteiger partial charge in [0.1, 0.15) is 17.1 Å². The molecule has 0 N–H and O–H groups in total. The summed E-state index contributed by atoms with van der Waals surface area (Å²) in [5, 5.41) is 11.0. The lowest BCUT2D eigenvalue weighted by atomic mass is 9.88. The van der Waals surface area contributed by atoms with Gasteiger partial charge in [0.05, 0.1) is 23.3 Å². The molecule has 1 aliphatic heterocycles. The number of halogens is 17. The van der Waals surface area contributed by atoms with E-state index in [9.17, 15) is 83.1 Å². The van der Waals surface area contributed by atoms with E-state index in [1.54, 1.807) is 0 Å². The Morgan fingerprint density at radius 2 is 1.22 bits per heavy atom.